The van der Waals surface area contributed by atoms with Gasteiger partial charge in [-0.15, -0.1) is 0 Å². The van der Waals surface area contributed by atoms with Gasteiger partial charge < -0.3 is 15.0 Å². The summed E-state index contributed by atoms with van der Waals surface area (Å²) in [6.45, 7) is 5.72. The highest BCUT2D eigenvalue weighted by molar-refractivity contribution is 6.30. The number of nitrogens with zero attached hydrogens (tertiary/aromatic N) is 1. The number of amides is 1. The van der Waals surface area contributed by atoms with Gasteiger partial charge in [0.05, 0.1) is 19.1 Å². The van der Waals surface area contributed by atoms with Gasteiger partial charge in [-0.05, 0) is 38.6 Å². The molecule has 0 saturated carbocycles. The number of carbonyl (C=O) groups is 1. The molecule has 21 heavy (non-hydrogen) atoms. The second-order valence-electron chi connectivity index (χ2n) is 5.73. The number of carbonyl (C=O) groups excluding carboxylic acids is 1. The molecule has 2 rings (SSSR count). The largest absolute Gasteiger partial charge is 0.379 e. The molecule has 0 radical (unpaired) electrons. The van der Waals surface area contributed by atoms with Crippen molar-refractivity contribution in [2.75, 3.05) is 20.3 Å². The van der Waals surface area contributed by atoms with Crippen molar-refractivity contribution in [3.8, 4) is 0 Å². The summed E-state index contributed by atoms with van der Waals surface area (Å²) in [5.74, 6) is 0.0263. The molecule has 2 unspecified atom stereocenters. The second-order valence-corrected chi connectivity index (χ2v) is 6.17. The first-order valence-corrected chi connectivity index (χ1v) is 7.70. The van der Waals surface area contributed by atoms with E-state index in [9.17, 15) is 4.79 Å². The maximum Gasteiger partial charge on any atom is 0.230 e. The lowest BCUT2D eigenvalue weighted by Gasteiger charge is -2.31. The van der Waals surface area contributed by atoms with Crippen molar-refractivity contribution < 1.29 is 9.53 Å². The van der Waals surface area contributed by atoms with Gasteiger partial charge in [0, 0.05) is 23.7 Å². The molecule has 0 bridgehead atoms. The normalized spacial score (nSPS) is 21.8. The van der Waals surface area contributed by atoms with Crippen LogP contribution in [0.15, 0.2) is 24.3 Å². The highest BCUT2D eigenvalue weighted by Gasteiger charge is 2.36. The highest BCUT2D eigenvalue weighted by atomic mass is 35.5. The van der Waals surface area contributed by atoms with E-state index in [0.29, 0.717) is 24.8 Å². The van der Waals surface area contributed by atoms with Crippen molar-refractivity contribution in [3.05, 3.63) is 34.9 Å². The average molecular weight is 311 g/mol. The number of halogens is 1. The summed E-state index contributed by atoms with van der Waals surface area (Å²) in [7, 11) is 1.87. The molecule has 1 aliphatic rings. The Morgan fingerprint density at radius 1 is 1.48 bits per heavy atom. The summed E-state index contributed by atoms with van der Waals surface area (Å²) >= 11 is 6.03. The van der Waals surface area contributed by atoms with Gasteiger partial charge in [-0.1, -0.05) is 23.7 Å². The van der Waals surface area contributed by atoms with Crippen LogP contribution in [0.25, 0.3) is 0 Å². The summed E-state index contributed by atoms with van der Waals surface area (Å²) in [4.78, 5) is 14.7. The fourth-order valence-corrected chi connectivity index (χ4v) is 2.86. The van der Waals surface area contributed by atoms with Crippen LogP contribution in [0.2, 0.25) is 5.02 Å². The van der Waals surface area contributed by atoms with E-state index in [1.54, 1.807) is 0 Å². The van der Waals surface area contributed by atoms with Crippen LogP contribution in [0.1, 0.15) is 19.4 Å². The van der Waals surface area contributed by atoms with Crippen molar-refractivity contribution in [3.63, 3.8) is 0 Å². The first-order chi connectivity index (χ1) is 10.0. The van der Waals surface area contributed by atoms with E-state index in [1.165, 1.54) is 0 Å². The number of benzene rings is 1. The molecule has 0 aromatic heterocycles. The monoisotopic (exact) mass is 310 g/mol. The number of hydrogen-bond acceptors (Lipinski definition) is 3. The molecule has 1 aromatic rings. The van der Waals surface area contributed by atoms with Crippen LogP contribution >= 0.6 is 11.6 Å². The fourth-order valence-electron chi connectivity index (χ4n) is 2.64. The van der Waals surface area contributed by atoms with Crippen molar-refractivity contribution in [1.82, 2.24) is 10.2 Å². The minimum Gasteiger partial charge on any atom is -0.379 e. The summed E-state index contributed by atoms with van der Waals surface area (Å²) in [6, 6.07) is 7.89. The Morgan fingerprint density at radius 2 is 2.24 bits per heavy atom. The van der Waals surface area contributed by atoms with E-state index in [1.807, 2.05) is 50.1 Å². The fraction of sp³-hybridized carbons (Fsp3) is 0.562. The molecule has 116 valence electrons. The molecule has 1 aromatic carbocycles. The topological polar surface area (TPSA) is 41.6 Å². The summed E-state index contributed by atoms with van der Waals surface area (Å²) in [5, 5.41) is 3.86. The van der Waals surface area contributed by atoms with Crippen LogP contribution in [-0.2, 0) is 16.1 Å². The van der Waals surface area contributed by atoms with Crippen molar-refractivity contribution in [2.45, 2.75) is 32.5 Å². The number of likely N-dealkylation sites (N-methyl/N-ethyl adjacent to an activating group) is 1. The van der Waals surface area contributed by atoms with E-state index < -0.39 is 0 Å². The zero-order valence-electron chi connectivity index (χ0n) is 12.8. The van der Waals surface area contributed by atoms with E-state index in [4.69, 9.17) is 16.3 Å². The van der Waals surface area contributed by atoms with Gasteiger partial charge in [-0.2, -0.15) is 0 Å². The first-order valence-electron chi connectivity index (χ1n) is 7.33. The molecule has 1 saturated heterocycles. The minimum absolute atomic E-state index is 0.0955. The van der Waals surface area contributed by atoms with Crippen LogP contribution in [0, 0.1) is 5.92 Å². The summed E-state index contributed by atoms with van der Waals surface area (Å²) < 4.78 is 5.45. The molecule has 1 heterocycles. The summed E-state index contributed by atoms with van der Waals surface area (Å²) in [5.41, 5.74) is 1.05. The molecule has 0 aliphatic carbocycles. The average Bonchev–Trinajstić information content (AvgIpc) is 2.92. The third-order valence-corrected chi connectivity index (χ3v) is 4.15. The van der Waals surface area contributed by atoms with Gasteiger partial charge >= 0.3 is 0 Å². The Morgan fingerprint density at radius 3 is 2.86 bits per heavy atom. The van der Waals surface area contributed by atoms with Crippen molar-refractivity contribution in [1.29, 1.82) is 0 Å². The summed E-state index contributed by atoms with van der Waals surface area (Å²) in [6.07, 6.45) is 0. The quantitative estimate of drug-likeness (QED) is 0.907. The van der Waals surface area contributed by atoms with Gasteiger partial charge in [0.25, 0.3) is 0 Å². The molecule has 2 atom stereocenters. The van der Waals surface area contributed by atoms with Crippen molar-refractivity contribution >= 4 is 17.5 Å². The van der Waals surface area contributed by atoms with Gasteiger partial charge in [0.1, 0.15) is 0 Å². The molecule has 1 fully saturated rings. The smallest absolute Gasteiger partial charge is 0.230 e. The molecular weight excluding hydrogens is 288 g/mol. The molecule has 4 nitrogen and oxygen atoms in total. The Hall–Kier alpha value is -1.10. The third kappa shape index (κ3) is 3.96. The van der Waals surface area contributed by atoms with Crippen LogP contribution in [0.3, 0.4) is 0 Å². The van der Waals surface area contributed by atoms with Gasteiger partial charge in [0.15, 0.2) is 0 Å². The lowest BCUT2D eigenvalue weighted by molar-refractivity contribution is -0.138. The Balaban J connectivity index is 2.13. The zero-order valence-corrected chi connectivity index (χ0v) is 13.6. The second kappa shape index (κ2) is 7.25. The Kier molecular flexibility index (Phi) is 5.62. The zero-order chi connectivity index (χ0) is 15.4. The molecule has 1 aliphatic heterocycles. The van der Waals surface area contributed by atoms with Gasteiger partial charge in [-0.3, -0.25) is 4.79 Å². The Labute approximate surface area is 131 Å². The van der Waals surface area contributed by atoms with E-state index in [0.717, 1.165) is 5.56 Å². The minimum atomic E-state index is -0.114. The molecule has 1 amide bonds. The lowest BCUT2D eigenvalue weighted by Crippen LogP contribution is -2.46. The molecule has 5 heteroatoms. The van der Waals surface area contributed by atoms with E-state index in [-0.39, 0.29) is 23.9 Å². The SMILES string of the molecule is CNC1COCC1C(=O)N(Cc1cccc(Cl)c1)C(C)C. The number of nitrogens with one attached hydrogen (secondary N) is 1. The van der Waals surface area contributed by atoms with Gasteiger partial charge in [-0.25, -0.2) is 0 Å². The lowest BCUT2D eigenvalue weighted by atomic mass is 10.0. The molecular formula is C16H23ClN2O2. The number of ether oxygens (including phenoxy) is 1. The number of rotatable bonds is 5. The van der Waals surface area contributed by atoms with Crippen LogP contribution in [0.5, 0.6) is 0 Å². The predicted octanol–water partition coefficient (Wildman–Crippen LogP) is 2.31. The molecule has 0 spiro atoms. The van der Waals surface area contributed by atoms with E-state index in [2.05, 4.69) is 5.32 Å². The van der Waals surface area contributed by atoms with Gasteiger partial charge in [0.2, 0.25) is 5.91 Å². The van der Waals surface area contributed by atoms with Crippen LogP contribution < -0.4 is 5.32 Å². The maximum absolute atomic E-state index is 12.8. The standard InChI is InChI=1S/C16H23ClN2O2/c1-11(2)19(8-12-5-4-6-13(17)7-12)16(20)14-9-21-10-15(14)18-3/h4-7,11,14-15,18H,8-10H2,1-3H3. The third-order valence-electron chi connectivity index (χ3n) is 3.92. The highest BCUT2D eigenvalue weighted by Crippen LogP contribution is 2.21. The predicted molar refractivity (Wildman–Crippen MR) is 84.3 cm³/mol. The molecule has 1 N–H and O–H groups in total. The van der Waals surface area contributed by atoms with E-state index >= 15 is 0 Å². The number of hydrogen-bond donors (Lipinski definition) is 1. The van der Waals surface area contributed by atoms with Crippen molar-refractivity contribution in [2.24, 2.45) is 5.92 Å². The van der Waals surface area contributed by atoms with Crippen LogP contribution in [-0.4, -0.2) is 43.2 Å². The first kappa shape index (κ1) is 16.3. The Bertz CT molecular complexity index is 493. The van der Waals surface area contributed by atoms with Crippen LogP contribution in [0.4, 0.5) is 0 Å². The maximum atomic E-state index is 12.8.